The van der Waals surface area contributed by atoms with Crippen molar-refractivity contribution in [1.29, 1.82) is 0 Å². The molecule has 0 amide bonds. The van der Waals surface area contributed by atoms with Crippen LogP contribution in [0, 0.1) is 6.92 Å². The Morgan fingerprint density at radius 3 is 2.61 bits per heavy atom. The van der Waals surface area contributed by atoms with Gasteiger partial charge in [0, 0.05) is 30.3 Å². The van der Waals surface area contributed by atoms with E-state index in [9.17, 15) is 0 Å². The summed E-state index contributed by atoms with van der Waals surface area (Å²) >= 11 is 6.16. The third-order valence-corrected chi connectivity index (χ3v) is 4.32. The average molecular weight is 268 g/mol. The van der Waals surface area contributed by atoms with E-state index in [1.165, 1.54) is 0 Å². The topological polar surface area (TPSA) is 41.3 Å². The van der Waals surface area contributed by atoms with Crippen molar-refractivity contribution in [3.8, 4) is 0 Å². The smallest absolute Gasteiger partial charge is 0.0520 e. The molecule has 0 bridgehead atoms. The third-order valence-electron chi connectivity index (χ3n) is 3.92. The lowest BCUT2D eigenvalue weighted by Crippen LogP contribution is -2.52. The highest BCUT2D eigenvalue weighted by molar-refractivity contribution is 6.31. The van der Waals surface area contributed by atoms with Crippen LogP contribution < -0.4 is 11.1 Å². The summed E-state index contributed by atoms with van der Waals surface area (Å²) in [5.41, 5.74) is 8.18. The second-order valence-corrected chi connectivity index (χ2v) is 5.78. The molecule has 1 fully saturated rings. The summed E-state index contributed by atoms with van der Waals surface area (Å²) in [5, 5.41) is 4.40. The predicted octanol–water partition coefficient (Wildman–Crippen LogP) is 2.48. The third kappa shape index (κ3) is 2.97. The maximum atomic E-state index is 6.16. The Hall–Kier alpha value is -0.770. The lowest BCUT2D eigenvalue weighted by molar-refractivity contribution is 0.209. The highest BCUT2D eigenvalue weighted by Gasteiger charge is 2.32. The van der Waals surface area contributed by atoms with Crippen LogP contribution in [0.1, 0.15) is 18.4 Å². The van der Waals surface area contributed by atoms with Gasteiger partial charge in [-0.1, -0.05) is 17.7 Å². The Morgan fingerprint density at radius 2 is 2.06 bits per heavy atom. The quantitative estimate of drug-likeness (QED) is 0.884. The number of hydrogen-bond acceptors (Lipinski definition) is 3. The number of aryl methyl sites for hydroxylation is 1. The first-order chi connectivity index (χ1) is 8.54. The molecular weight excluding hydrogens is 246 g/mol. The second-order valence-electron chi connectivity index (χ2n) is 5.38. The largest absolute Gasteiger partial charge is 0.378 e. The van der Waals surface area contributed by atoms with Gasteiger partial charge in [-0.25, -0.2) is 0 Å². The van der Waals surface area contributed by atoms with Crippen molar-refractivity contribution in [2.24, 2.45) is 5.73 Å². The van der Waals surface area contributed by atoms with Gasteiger partial charge in [0.1, 0.15) is 0 Å². The minimum Gasteiger partial charge on any atom is -0.378 e. The molecule has 1 aliphatic heterocycles. The van der Waals surface area contributed by atoms with Gasteiger partial charge in [0.15, 0.2) is 0 Å². The number of benzene rings is 1. The zero-order chi connectivity index (χ0) is 13.2. The molecule has 100 valence electrons. The van der Waals surface area contributed by atoms with Crippen molar-refractivity contribution in [3.05, 3.63) is 28.8 Å². The molecule has 1 saturated heterocycles. The number of nitrogens with zero attached hydrogens (tertiary/aromatic N) is 1. The summed E-state index contributed by atoms with van der Waals surface area (Å²) in [5.74, 6) is 0. The van der Waals surface area contributed by atoms with E-state index in [2.05, 4.69) is 23.3 Å². The average Bonchev–Trinajstić information content (AvgIpc) is 2.37. The number of anilines is 1. The van der Waals surface area contributed by atoms with Gasteiger partial charge in [0.2, 0.25) is 0 Å². The van der Waals surface area contributed by atoms with Crippen molar-refractivity contribution < 1.29 is 0 Å². The number of hydrogen-bond donors (Lipinski definition) is 2. The van der Waals surface area contributed by atoms with Crippen LogP contribution in [0.15, 0.2) is 18.2 Å². The van der Waals surface area contributed by atoms with E-state index in [1.54, 1.807) is 0 Å². The summed E-state index contributed by atoms with van der Waals surface area (Å²) in [6, 6.07) is 6.12. The minimum absolute atomic E-state index is 0.0189. The molecular formula is C14H22ClN3. The first kappa shape index (κ1) is 13.7. The maximum absolute atomic E-state index is 6.16. The van der Waals surface area contributed by atoms with Crippen molar-refractivity contribution >= 4 is 17.3 Å². The zero-order valence-corrected chi connectivity index (χ0v) is 11.9. The van der Waals surface area contributed by atoms with E-state index in [0.717, 1.165) is 42.2 Å². The fraction of sp³-hybridized carbons (Fsp3) is 0.571. The lowest BCUT2D eigenvalue weighted by atomic mass is 9.87. The Bertz CT molecular complexity index is 412. The van der Waals surface area contributed by atoms with E-state index < -0.39 is 0 Å². The van der Waals surface area contributed by atoms with Crippen LogP contribution in [0.2, 0.25) is 5.02 Å². The van der Waals surface area contributed by atoms with Crippen LogP contribution in [-0.4, -0.2) is 37.1 Å². The van der Waals surface area contributed by atoms with Gasteiger partial charge < -0.3 is 16.0 Å². The predicted molar refractivity (Wildman–Crippen MR) is 78.3 cm³/mol. The maximum Gasteiger partial charge on any atom is 0.0520 e. The molecule has 3 N–H and O–H groups in total. The van der Waals surface area contributed by atoms with Crippen LogP contribution >= 0.6 is 11.6 Å². The first-order valence-electron chi connectivity index (χ1n) is 6.48. The molecule has 0 unspecified atom stereocenters. The number of piperidine rings is 1. The molecule has 0 aliphatic carbocycles. The highest BCUT2D eigenvalue weighted by atomic mass is 35.5. The number of nitrogens with one attached hydrogen (secondary N) is 1. The summed E-state index contributed by atoms with van der Waals surface area (Å²) < 4.78 is 0. The molecule has 0 radical (unpaired) electrons. The second kappa shape index (κ2) is 5.47. The van der Waals surface area contributed by atoms with Crippen molar-refractivity contribution in [1.82, 2.24) is 4.90 Å². The van der Waals surface area contributed by atoms with E-state index in [0.29, 0.717) is 6.54 Å². The fourth-order valence-electron chi connectivity index (χ4n) is 2.40. The van der Waals surface area contributed by atoms with Crippen molar-refractivity contribution in [2.45, 2.75) is 25.3 Å². The van der Waals surface area contributed by atoms with E-state index in [4.69, 9.17) is 17.3 Å². The summed E-state index contributed by atoms with van der Waals surface area (Å²) in [6.07, 6.45) is 2.15. The zero-order valence-electron chi connectivity index (χ0n) is 11.2. The Morgan fingerprint density at radius 1 is 1.39 bits per heavy atom. The molecule has 0 aromatic heterocycles. The van der Waals surface area contributed by atoms with Gasteiger partial charge in [0.05, 0.1) is 5.54 Å². The highest BCUT2D eigenvalue weighted by Crippen LogP contribution is 2.28. The van der Waals surface area contributed by atoms with E-state index >= 15 is 0 Å². The van der Waals surface area contributed by atoms with Crippen molar-refractivity contribution in [2.75, 3.05) is 32.0 Å². The molecule has 0 spiro atoms. The van der Waals surface area contributed by atoms with Crippen LogP contribution in [0.5, 0.6) is 0 Å². The van der Waals surface area contributed by atoms with Gasteiger partial charge in [-0.05, 0) is 44.5 Å². The molecule has 1 aromatic rings. The van der Waals surface area contributed by atoms with Gasteiger partial charge in [-0.2, -0.15) is 0 Å². The van der Waals surface area contributed by atoms with E-state index in [1.807, 2.05) is 19.1 Å². The first-order valence-corrected chi connectivity index (χ1v) is 6.85. The fourth-order valence-corrected chi connectivity index (χ4v) is 2.58. The molecule has 1 aliphatic rings. The molecule has 1 heterocycles. The van der Waals surface area contributed by atoms with Gasteiger partial charge in [-0.15, -0.1) is 0 Å². The van der Waals surface area contributed by atoms with Crippen LogP contribution in [0.4, 0.5) is 5.69 Å². The standard InChI is InChI=1S/C14H22ClN3/c1-11-3-4-12(9-13(11)15)17-14(10-16)5-7-18(2)8-6-14/h3-4,9,17H,5-8,10,16H2,1-2H3. The number of rotatable bonds is 3. The SMILES string of the molecule is Cc1ccc(NC2(CN)CCN(C)CC2)cc1Cl. The molecule has 3 nitrogen and oxygen atoms in total. The number of likely N-dealkylation sites (tertiary alicyclic amines) is 1. The number of nitrogens with two attached hydrogens (primary N) is 1. The van der Waals surface area contributed by atoms with Gasteiger partial charge in [-0.3, -0.25) is 0 Å². The molecule has 4 heteroatoms. The Kier molecular flexibility index (Phi) is 4.15. The number of halogens is 1. The lowest BCUT2D eigenvalue weighted by Gasteiger charge is -2.41. The molecule has 1 aromatic carbocycles. The molecule has 2 rings (SSSR count). The Balaban J connectivity index is 2.12. The summed E-state index contributed by atoms with van der Waals surface area (Å²) in [6.45, 7) is 4.85. The molecule has 0 atom stereocenters. The monoisotopic (exact) mass is 267 g/mol. The summed E-state index contributed by atoms with van der Waals surface area (Å²) in [7, 11) is 2.16. The van der Waals surface area contributed by atoms with Crippen LogP contribution in [0.25, 0.3) is 0 Å². The van der Waals surface area contributed by atoms with Crippen LogP contribution in [0.3, 0.4) is 0 Å². The van der Waals surface area contributed by atoms with E-state index in [-0.39, 0.29) is 5.54 Å². The molecule has 0 saturated carbocycles. The molecule has 18 heavy (non-hydrogen) atoms. The van der Waals surface area contributed by atoms with Gasteiger partial charge >= 0.3 is 0 Å². The Labute approximate surface area is 114 Å². The normalized spacial score (nSPS) is 19.8. The van der Waals surface area contributed by atoms with Crippen molar-refractivity contribution in [3.63, 3.8) is 0 Å². The van der Waals surface area contributed by atoms with Crippen LogP contribution in [-0.2, 0) is 0 Å². The summed E-state index contributed by atoms with van der Waals surface area (Å²) in [4.78, 5) is 2.34. The minimum atomic E-state index is 0.0189. The van der Waals surface area contributed by atoms with Gasteiger partial charge in [0.25, 0.3) is 0 Å².